The molecule has 7 aliphatic heterocycles. The van der Waals surface area contributed by atoms with E-state index in [9.17, 15) is 56.8 Å². The van der Waals surface area contributed by atoms with Crippen molar-refractivity contribution < 1.29 is 65.1 Å². The van der Waals surface area contributed by atoms with Crippen LogP contribution >= 0.6 is 46.4 Å². The number of unbranched alkanes of at least 4 members (excludes halogenated alkanes) is 1. The van der Waals surface area contributed by atoms with Crippen LogP contribution in [0.25, 0.3) is 0 Å². The third-order valence-corrected chi connectivity index (χ3v) is 30.8. The largest absolute Gasteiger partial charge is 0.356 e. The first-order valence-electron chi connectivity index (χ1n) is 43.8. The first-order chi connectivity index (χ1) is 60.3. The summed E-state index contributed by atoms with van der Waals surface area (Å²) >= 11 is 25.4. The molecule has 3 aliphatic carbocycles. The maximum absolute atomic E-state index is 16.3. The number of nitrogens with zero attached hydrogens (tertiary/aromatic N) is 5. The highest BCUT2D eigenvalue weighted by atomic mass is 35.5. The summed E-state index contributed by atoms with van der Waals surface area (Å²) in [6.07, 6.45) is 7.32. The number of likely N-dealkylation sites (tertiary alicyclic amines) is 2. The maximum Gasteiger partial charge on any atom is 0.255 e. The molecular formula is C98H106Cl4F2N10O12S. The number of nitrogens with one attached hydrogen (secondary N) is 5. The third kappa shape index (κ3) is 19.2. The van der Waals surface area contributed by atoms with Crippen molar-refractivity contribution >= 4 is 115 Å². The van der Waals surface area contributed by atoms with Crippen LogP contribution in [0.4, 0.5) is 8.78 Å². The zero-order chi connectivity index (χ0) is 91.1. The topological polar surface area (TPSA) is 302 Å². The van der Waals surface area contributed by atoms with Gasteiger partial charge in [-0.25, -0.2) is 17.2 Å². The number of piperidine rings is 4. The molecule has 3 saturated carbocycles. The molecule has 2 unspecified atom stereocenters. The zero-order valence-electron chi connectivity index (χ0n) is 72.5. The minimum absolute atomic E-state index is 0.0193. The van der Waals surface area contributed by atoms with Gasteiger partial charge in [0.1, 0.15) is 29.1 Å². The second kappa shape index (κ2) is 37.6. The number of carbonyl (C=O) groups is 10. The molecule has 0 radical (unpaired) electrons. The number of hydrogen-bond donors (Lipinski definition) is 5. The van der Waals surface area contributed by atoms with E-state index >= 15 is 13.6 Å². The molecular weight excluding hydrogens is 1720 g/mol. The number of rotatable bonds is 20. The molecule has 29 heteroatoms. The number of benzene rings is 6. The van der Waals surface area contributed by atoms with Gasteiger partial charge in [-0.3, -0.25) is 58.6 Å². The molecule has 10 atom stereocenters. The standard InChI is InChI=1S/C52H54Cl2F2N6O5.C46H52Cl2N4O7S/c1-49(2,3)27-40-52(29-57,36-13-12-32(53)26-38(36)55)42(34-8-5-9-37(54)43(34)56)44(58-40)46(65)60-51-21-18-50(19-22-51,20-23-51)48(67)61-24-16-30(17-25-61)10-11-31-6-4-7-33-35(31)28-62(47(33)66)39-14-15-41(63)59-45(39)64;1-28(2)39(27-60(58,59)29(3)4)52-42(31-16-18-33(47)19-17-31)36(32-13-9-14-34(48)23-32)24-46(5,45(52)57)25-41(54)49-22-8-6-7-11-30-12-10-15-35-37(30)26-51(44(35)56)38-20-21-40(53)50-43(38)55/h4-9,12-13,26,30,39-40,42,44,58H,14-25,27-28H2,1-3H3,(H,60,65)(H,59,63,64);9-10,12-19,23,28-29,36,38-39,42H,6,8,20-22,24-27H2,1-5H3,(H,49,54)(H,50,53,55)/t39?,40-,42-,44+,50?,51?,52-;36-,38?,39-,42-,46-/m01/s1. The van der Waals surface area contributed by atoms with Crippen molar-refractivity contribution in [1.82, 2.24) is 46.2 Å². The molecule has 127 heavy (non-hydrogen) atoms. The normalized spacial score (nSPS) is 26.1. The predicted molar refractivity (Wildman–Crippen MR) is 479 cm³/mol. The lowest BCUT2D eigenvalue weighted by Gasteiger charge is -2.54. The van der Waals surface area contributed by atoms with Crippen LogP contribution in [0.3, 0.4) is 0 Å². The zero-order valence-corrected chi connectivity index (χ0v) is 76.3. The average molecular weight is 1830 g/mol. The number of nitriles is 1. The fourth-order valence-electron chi connectivity index (χ4n) is 20.7. The molecule has 0 spiro atoms. The van der Waals surface area contributed by atoms with Crippen LogP contribution in [-0.4, -0.2) is 153 Å². The lowest BCUT2D eigenvalue weighted by atomic mass is 9.56. The van der Waals surface area contributed by atoms with E-state index in [1.165, 1.54) is 34.1 Å². The maximum atomic E-state index is 16.3. The summed E-state index contributed by atoms with van der Waals surface area (Å²) < 4.78 is 59.6. The predicted octanol–water partition coefficient (Wildman–Crippen LogP) is 14.9. The lowest BCUT2D eigenvalue weighted by molar-refractivity contribution is -0.158. The Labute approximate surface area is 760 Å². The van der Waals surface area contributed by atoms with E-state index in [0.717, 1.165) is 33.9 Å². The van der Waals surface area contributed by atoms with Crippen molar-refractivity contribution in [2.75, 3.05) is 25.4 Å². The highest BCUT2D eigenvalue weighted by Gasteiger charge is 2.63. The number of halogens is 6. The lowest BCUT2D eigenvalue weighted by Crippen LogP contribution is -2.62. The molecule has 6 aromatic rings. The first kappa shape index (κ1) is 93.1. The van der Waals surface area contributed by atoms with Gasteiger partial charge in [-0.2, -0.15) is 5.26 Å². The Kier molecular flexibility index (Phi) is 27.5. The van der Waals surface area contributed by atoms with Gasteiger partial charge >= 0.3 is 0 Å². The van der Waals surface area contributed by atoms with Gasteiger partial charge in [-0.1, -0.05) is 166 Å². The van der Waals surface area contributed by atoms with Crippen molar-refractivity contribution in [1.29, 1.82) is 5.26 Å². The Morgan fingerprint density at radius 2 is 1.26 bits per heavy atom. The number of sulfone groups is 1. The molecule has 2 bridgehead atoms. The Bertz CT molecular complexity index is 5690. The fraction of sp³-hybridized carbons (Fsp3) is 0.480. The molecule has 0 aromatic heterocycles. The summed E-state index contributed by atoms with van der Waals surface area (Å²) in [5.74, 6) is 6.59. The van der Waals surface area contributed by atoms with E-state index in [2.05, 4.69) is 56.3 Å². The minimum atomic E-state index is -3.60. The summed E-state index contributed by atoms with van der Waals surface area (Å²) in [5.41, 5.74) is 1.18. The molecule has 8 fully saturated rings. The quantitative estimate of drug-likeness (QED) is 0.0270. The van der Waals surface area contributed by atoms with Crippen LogP contribution in [0.15, 0.2) is 121 Å². The molecule has 5 saturated heterocycles. The number of imide groups is 2. The van der Waals surface area contributed by atoms with E-state index in [4.69, 9.17) is 46.4 Å². The van der Waals surface area contributed by atoms with E-state index in [1.807, 2.05) is 82.0 Å². The van der Waals surface area contributed by atoms with Crippen LogP contribution in [0.1, 0.15) is 248 Å². The Morgan fingerprint density at radius 3 is 1.82 bits per heavy atom. The van der Waals surface area contributed by atoms with Gasteiger partial charge in [0.25, 0.3) is 11.8 Å². The molecule has 668 valence electrons. The molecule has 10 aliphatic rings. The van der Waals surface area contributed by atoms with E-state index in [1.54, 1.807) is 74.2 Å². The second-order valence-electron chi connectivity index (χ2n) is 37.8. The van der Waals surface area contributed by atoms with Crippen LogP contribution in [0.5, 0.6) is 0 Å². The van der Waals surface area contributed by atoms with E-state index in [0.29, 0.717) is 123 Å². The summed E-state index contributed by atoms with van der Waals surface area (Å²) in [5, 5.41) is 26.1. The molecule has 10 amide bonds. The molecule has 5 N–H and O–H groups in total. The Morgan fingerprint density at radius 1 is 0.685 bits per heavy atom. The van der Waals surface area contributed by atoms with Crippen molar-refractivity contribution in [3.05, 3.63) is 209 Å². The first-order valence-corrected chi connectivity index (χ1v) is 47.0. The third-order valence-electron chi connectivity index (χ3n) is 27.6. The smallest absolute Gasteiger partial charge is 0.255 e. The number of fused-ring (bicyclic) bond motifs is 5. The summed E-state index contributed by atoms with van der Waals surface area (Å²) in [7, 11) is -3.60. The number of hydrogen-bond acceptors (Lipinski definition) is 14. The average Bonchev–Trinajstić information content (AvgIpc) is 1.55. The van der Waals surface area contributed by atoms with Crippen LogP contribution in [0, 0.1) is 74.7 Å². The summed E-state index contributed by atoms with van der Waals surface area (Å²) in [6.45, 7) is 16.8. The van der Waals surface area contributed by atoms with Crippen LogP contribution in [-0.2, 0) is 66.7 Å². The molecule has 6 aromatic carbocycles. The van der Waals surface area contributed by atoms with Gasteiger partial charge in [-0.15, -0.1) is 0 Å². The number of carbonyl (C=O) groups excluding carboxylic acids is 10. The highest BCUT2D eigenvalue weighted by molar-refractivity contribution is 7.92. The van der Waals surface area contributed by atoms with Crippen molar-refractivity contribution in [3.63, 3.8) is 0 Å². The summed E-state index contributed by atoms with van der Waals surface area (Å²) in [6, 6.07) is 31.9. The van der Waals surface area contributed by atoms with Crippen molar-refractivity contribution in [3.8, 4) is 29.8 Å². The van der Waals surface area contributed by atoms with Gasteiger partial charge in [0.2, 0.25) is 47.3 Å². The summed E-state index contributed by atoms with van der Waals surface area (Å²) in [4.78, 5) is 140. The van der Waals surface area contributed by atoms with Gasteiger partial charge in [-0.05, 0) is 203 Å². The monoisotopic (exact) mass is 1820 g/mol. The second-order valence-corrected chi connectivity index (χ2v) is 42.1. The Balaban J connectivity index is 0.000000207. The van der Waals surface area contributed by atoms with Crippen LogP contribution in [0.2, 0.25) is 20.1 Å². The highest BCUT2D eigenvalue weighted by Crippen LogP contribution is 2.58. The van der Waals surface area contributed by atoms with Gasteiger partial charge in [0.05, 0.1) is 39.6 Å². The SMILES string of the molecule is CC(C)(C)C[C@@H]1N[C@@H](C(=O)NC23CCC(C(=O)N4CCC(C#Cc5cccc6c5CN(C5CCC(=O)NC5=O)C6=O)CC4)(CC2)CC3)[C@H](c2cccc(Cl)c2F)[C@@]1(C#N)c1ccc(Cl)cc1F.CC(C)[C@@H](CS(=O)(=O)C(C)C)N1C(=O)[C@@](C)(CC(=O)NCCCC#Cc2cccc3c2CN(C2CCC(=O)NC2=O)C3=O)C[C@H](c2cccc(Cl)c2)[C@H]1c1ccc(Cl)cc1. The van der Waals surface area contributed by atoms with Crippen LogP contribution < -0.4 is 26.6 Å². The molecule has 7 heterocycles. The van der Waals surface area contributed by atoms with E-state index < -0.39 is 108 Å². The number of amides is 10. The van der Waals surface area contributed by atoms with E-state index in [-0.39, 0.29) is 137 Å². The van der Waals surface area contributed by atoms with Crippen molar-refractivity contribution in [2.45, 2.75) is 242 Å². The molecule has 16 rings (SSSR count). The van der Waals surface area contributed by atoms with Crippen molar-refractivity contribution in [2.24, 2.45) is 28.1 Å². The minimum Gasteiger partial charge on any atom is -0.356 e. The van der Waals surface area contributed by atoms with Gasteiger partial charge < -0.3 is 35.6 Å². The van der Waals surface area contributed by atoms with Gasteiger partial charge in [0.15, 0.2) is 9.84 Å². The van der Waals surface area contributed by atoms with Gasteiger partial charge in [0, 0.05) is 142 Å². The fourth-order valence-corrected chi connectivity index (χ4v) is 22.7. The molecule has 22 nitrogen and oxygen atoms in total. The Hall–Kier alpha value is -10.0.